The second-order valence-electron chi connectivity index (χ2n) is 4.32. The standard InChI is InChI=1S/C12H20O/c1-10(2)11(3)13-12(4)8-6-5-7-9-12/h1,3,5-9H2,2,4H3. The Balaban J connectivity index is 2.50. The summed E-state index contributed by atoms with van der Waals surface area (Å²) in [4.78, 5) is 0. The Morgan fingerprint density at radius 2 is 1.69 bits per heavy atom. The van der Waals surface area contributed by atoms with Gasteiger partial charge < -0.3 is 4.74 Å². The highest BCUT2D eigenvalue weighted by molar-refractivity contribution is 5.17. The normalized spacial score (nSPS) is 20.8. The van der Waals surface area contributed by atoms with Crippen LogP contribution in [0.25, 0.3) is 0 Å². The van der Waals surface area contributed by atoms with Crippen LogP contribution in [-0.2, 0) is 4.74 Å². The van der Waals surface area contributed by atoms with E-state index in [0.29, 0.717) is 0 Å². The van der Waals surface area contributed by atoms with Crippen LogP contribution in [0.1, 0.15) is 46.0 Å². The molecule has 0 N–H and O–H groups in total. The number of hydrogen-bond donors (Lipinski definition) is 0. The number of ether oxygens (including phenoxy) is 1. The maximum atomic E-state index is 5.85. The molecule has 0 aromatic heterocycles. The van der Waals surface area contributed by atoms with Crippen molar-refractivity contribution in [1.82, 2.24) is 0 Å². The van der Waals surface area contributed by atoms with Crippen molar-refractivity contribution in [1.29, 1.82) is 0 Å². The Labute approximate surface area is 81.5 Å². The molecule has 0 heterocycles. The molecule has 1 rings (SSSR count). The molecule has 0 aromatic rings. The summed E-state index contributed by atoms with van der Waals surface area (Å²) in [7, 11) is 0. The van der Waals surface area contributed by atoms with Gasteiger partial charge in [-0.05, 0) is 45.1 Å². The molecule has 1 saturated carbocycles. The topological polar surface area (TPSA) is 9.23 Å². The molecule has 0 unspecified atom stereocenters. The zero-order valence-corrected chi connectivity index (χ0v) is 8.86. The van der Waals surface area contributed by atoms with E-state index >= 15 is 0 Å². The van der Waals surface area contributed by atoms with Crippen molar-refractivity contribution in [3.63, 3.8) is 0 Å². The number of hydrogen-bond acceptors (Lipinski definition) is 1. The Hall–Kier alpha value is -0.720. The van der Waals surface area contributed by atoms with Crippen LogP contribution in [0.5, 0.6) is 0 Å². The lowest BCUT2D eigenvalue weighted by Crippen LogP contribution is -2.30. The summed E-state index contributed by atoms with van der Waals surface area (Å²) in [6.07, 6.45) is 6.21. The molecule has 74 valence electrons. The first-order valence-electron chi connectivity index (χ1n) is 5.07. The summed E-state index contributed by atoms with van der Waals surface area (Å²) in [6.45, 7) is 11.8. The predicted octanol–water partition coefficient (Wildman–Crippen LogP) is 3.82. The quantitative estimate of drug-likeness (QED) is 0.474. The summed E-state index contributed by atoms with van der Waals surface area (Å²) in [6, 6.07) is 0. The lowest BCUT2D eigenvalue weighted by Gasteiger charge is -2.35. The second-order valence-corrected chi connectivity index (χ2v) is 4.32. The highest BCUT2D eigenvalue weighted by Gasteiger charge is 2.28. The summed E-state index contributed by atoms with van der Waals surface area (Å²) in [5, 5.41) is 0. The fourth-order valence-corrected chi connectivity index (χ4v) is 1.79. The first kappa shape index (κ1) is 10.4. The Morgan fingerprint density at radius 3 is 2.15 bits per heavy atom. The minimum absolute atomic E-state index is 0.0221. The number of rotatable bonds is 3. The van der Waals surface area contributed by atoms with Crippen LogP contribution in [-0.4, -0.2) is 5.60 Å². The molecular weight excluding hydrogens is 160 g/mol. The van der Waals surface area contributed by atoms with Gasteiger partial charge >= 0.3 is 0 Å². The zero-order valence-electron chi connectivity index (χ0n) is 8.86. The van der Waals surface area contributed by atoms with Gasteiger partial charge in [0.1, 0.15) is 11.4 Å². The van der Waals surface area contributed by atoms with Crippen LogP contribution < -0.4 is 0 Å². The van der Waals surface area contributed by atoms with Crippen molar-refractivity contribution in [3.05, 3.63) is 24.5 Å². The molecule has 0 spiro atoms. The van der Waals surface area contributed by atoms with Gasteiger partial charge in [0.15, 0.2) is 0 Å². The van der Waals surface area contributed by atoms with E-state index in [1.165, 1.54) is 19.3 Å². The summed E-state index contributed by atoms with van der Waals surface area (Å²) < 4.78 is 5.85. The summed E-state index contributed by atoms with van der Waals surface area (Å²) >= 11 is 0. The molecule has 0 saturated heterocycles. The van der Waals surface area contributed by atoms with E-state index in [1.54, 1.807) is 0 Å². The minimum atomic E-state index is 0.0221. The lowest BCUT2D eigenvalue weighted by molar-refractivity contribution is -0.00795. The van der Waals surface area contributed by atoms with Crippen LogP contribution >= 0.6 is 0 Å². The highest BCUT2D eigenvalue weighted by Crippen LogP contribution is 2.33. The van der Waals surface area contributed by atoms with E-state index in [1.807, 2.05) is 6.92 Å². The van der Waals surface area contributed by atoms with Gasteiger partial charge in [-0.3, -0.25) is 0 Å². The van der Waals surface area contributed by atoms with E-state index in [0.717, 1.165) is 24.2 Å². The van der Waals surface area contributed by atoms with Crippen molar-refractivity contribution in [2.75, 3.05) is 0 Å². The summed E-state index contributed by atoms with van der Waals surface area (Å²) in [5.74, 6) is 0.754. The molecule has 0 radical (unpaired) electrons. The van der Waals surface area contributed by atoms with Gasteiger partial charge in [-0.2, -0.15) is 0 Å². The van der Waals surface area contributed by atoms with Crippen LogP contribution in [0.3, 0.4) is 0 Å². The molecule has 0 amide bonds. The summed E-state index contributed by atoms with van der Waals surface area (Å²) in [5.41, 5.74) is 0.959. The SMILES string of the molecule is C=C(C)C(=C)OC1(C)CCCCC1. The van der Waals surface area contributed by atoms with Gasteiger partial charge in [-0.15, -0.1) is 0 Å². The largest absolute Gasteiger partial charge is 0.488 e. The molecule has 0 aromatic carbocycles. The maximum Gasteiger partial charge on any atom is 0.115 e. The van der Waals surface area contributed by atoms with Crippen molar-refractivity contribution in [3.8, 4) is 0 Å². The van der Waals surface area contributed by atoms with Crippen molar-refractivity contribution in [2.45, 2.75) is 51.6 Å². The second kappa shape index (κ2) is 3.99. The molecule has 0 atom stereocenters. The molecule has 1 aliphatic carbocycles. The Morgan fingerprint density at radius 1 is 1.15 bits per heavy atom. The molecule has 0 aliphatic heterocycles. The minimum Gasteiger partial charge on any atom is -0.488 e. The van der Waals surface area contributed by atoms with E-state index in [9.17, 15) is 0 Å². The third kappa shape index (κ3) is 2.91. The average Bonchev–Trinajstić information content (AvgIpc) is 2.04. The van der Waals surface area contributed by atoms with Crippen molar-refractivity contribution < 1.29 is 4.74 Å². The van der Waals surface area contributed by atoms with Gasteiger partial charge in [0, 0.05) is 0 Å². The maximum absolute atomic E-state index is 5.85. The van der Waals surface area contributed by atoms with Crippen LogP contribution in [0.4, 0.5) is 0 Å². The fraction of sp³-hybridized carbons (Fsp3) is 0.667. The Bertz CT molecular complexity index is 209. The lowest BCUT2D eigenvalue weighted by atomic mass is 9.86. The highest BCUT2D eigenvalue weighted by atomic mass is 16.5. The van der Waals surface area contributed by atoms with Crippen molar-refractivity contribution >= 4 is 0 Å². The molecule has 1 nitrogen and oxygen atoms in total. The molecule has 13 heavy (non-hydrogen) atoms. The van der Waals surface area contributed by atoms with Gasteiger partial charge in [0.2, 0.25) is 0 Å². The van der Waals surface area contributed by atoms with Crippen LogP contribution in [0.2, 0.25) is 0 Å². The van der Waals surface area contributed by atoms with Gasteiger partial charge in [0.25, 0.3) is 0 Å². The van der Waals surface area contributed by atoms with Gasteiger partial charge in [-0.1, -0.05) is 19.6 Å². The van der Waals surface area contributed by atoms with Gasteiger partial charge in [0.05, 0.1) is 0 Å². The molecular formula is C12H20O. The Kier molecular flexibility index (Phi) is 3.18. The molecule has 1 heteroatoms. The van der Waals surface area contributed by atoms with E-state index < -0.39 is 0 Å². The third-order valence-electron chi connectivity index (χ3n) is 2.76. The molecule has 1 fully saturated rings. The van der Waals surface area contributed by atoms with E-state index in [2.05, 4.69) is 20.1 Å². The predicted molar refractivity (Wildman–Crippen MR) is 56.5 cm³/mol. The monoisotopic (exact) mass is 180 g/mol. The first-order chi connectivity index (χ1) is 6.03. The van der Waals surface area contributed by atoms with E-state index in [-0.39, 0.29) is 5.60 Å². The average molecular weight is 180 g/mol. The van der Waals surface area contributed by atoms with Crippen molar-refractivity contribution in [2.24, 2.45) is 0 Å². The van der Waals surface area contributed by atoms with Gasteiger partial charge in [-0.25, -0.2) is 0 Å². The van der Waals surface area contributed by atoms with E-state index in [4.69, 9.17) is 4.74 Å². The van der Waals surface area contributed by atoms with Crippen LogP contribution in [0.15, 0.2) is 24.5 Å². The fourth-order valence-electron chi connectivity index (χ4n) is 1.79. The molecule has 0 bridgehead atoms. The smallest absolute Gasteiger partial charge is 0.115 e. The number of allylic oxidation sites excluding steroid dienone is 1. The third-order valence-corrected chi connectivity index (χ3v) is 2.76. The first-order valence-corrected chi connectivity index (χ1v) is 5.07. The zero-order chi connectivity index (χ0) is 9.90. The van der Waals surface area contributed by atoms with Crippen LogP contribution in [0, 0.1) is 0 Å². The molecule has 1 aliphatic rings.